The molecule has 1 aromatic carbocycles. The summed E-state index contributed by atoms with van der Waals surface area (Å²) in [6, 6.07) is 4.97. The van der Waals surface area contributed by atoms with Crippen LogP contribution >= 0.6 is 11.8 Å². The molecule has 110 valence electrons. The predicted octanol–water partition coefficient (Wildman–Crippen LogP) is 3.52. The Balaban J connectivity index is 1.91. The van der Waals surface area contributed by atoms with Crippen molar-refractivity contribution in [3.63, 3.8) is 0 Å². The van der Waals surface area contributed by atoms with Gasteiger partial charge < -0.3 is 9.47 Å². The number of thioether (sulfide) groups is 1. The molecule has 2 aliphatic heterocycles. The van der Waals surface area contributed by atoms with E-state index in [1.54, 1.807) is 0 Å². The molecule has 3 atom stereocenters. The van der Waals surface area contributed by atoms with E-state index in [1.165, 1.54) is 23.3 Å². The zero-order valence-corrected chi connectivity index (χ0v) is 13.3. The molecule has 1 fully saturated rings. The molecule has 1 aromatic rings. The zero-order valence-electron chi connectivity index (χ0n) is 12.4. The smallest absolute Gasteiger partial charge is 0.125 e. The van der Waals surface area contributed by atoms with E-state index in [-0.39, 0.29) is 6.10 Å². The van der Waals surface area contributed by atoms with Crippen molar-refractivity contribution in [3.8, 4) is 11.5 Å². The van der Waals surface area contributed by atoms with Crippen molar-refractivity contribution in [1.82, 2.24) is 5.32 Å². The van der Waals surface area contributed by atoms with Gasteiger partial charge in [-0.15, -0.1) is 11.8 Å². The maximum Gasteiger partial charge on any atom is 0.125 e. The summed E-state index contributed by atoms with van der Waals surface area (Å²) in [7, 11) is 0. The largest absolute Gasteiger partial charge is 0.493 e. The van der Waals surface area contributed by atoms with E-state index < -0.39 is 0 Å². The van der Waals surface area contributed by atoms with Gasteiger partial charge >= 0.3 is 0 Å². The van der Waals surface area contributed by atoms with E-state index in [9.17, 15) is 0 Å². The summed E-state index contributed by atoms with van der Waals surface area (Å²) in [5.74, 6) is 3.23. The van der Waals surface area contributed by atoms with Gasteiger partial charge in [0.25, 0.3) is 0 Å². The first kappa shape index (κ1) is 14.1. The Morgan fingerprint density at radius 3 is 2.95 bits per heavy atom. The van der Waals surface area contributed by atoms with E-state index in [2.05, 4.69) is 31.3 Å². The molecule has 4 heteroatoms. The minimum atomic E-state index is 0.280. The first-order chi connectivity index (χ1) is 9.71. The Bertz CT molecular complexity index is 492. The molecule has 0 amide bonds. The lowest BCUT2D eigenvalue weighted by molar-refractivity contribution is 0.254. The van der Waals surface area contributed by atoms with Crippen molar-refractivity contribution in [2.75, 3.05) is 12.4 Å². The number of nitrogens with one attached hydrogen (secondary N) is 1. The average Bonchev–Trinajstić information content (AvgIpc) is 3.03. The molecule has 0 saturated carbocycles. The fourth-order valence-electron chi connectivity index (χ4n) is 2.88. The fourth-order valence-corrected chi connectivity index (χ4v) is 4.29. The van der Waals surface area contributed by atoms with E-state index >= 15 is 0 Å². The summed E-state index contributed by atoms with van der Waals surface area (Å²) >= 11 is 1.97. The van der Waals surface area contributed by atoms with Crippen LogP contribution in [0.3, 0.4) is 0 Å². The van der Waals surface area contributed by atoms with Gasteiger partial charge in [-0.3, -0.25) is 5.32 Å². The van der Waals surface area contributed by atoms with Crippen molar-refractivity contribution in [1.29, 1.82) is 0 Å². The maximum absolute atomic E-state index is 5.90. The van der Waals surface area contributed by atoms with Gasteiger partial charge in [-0.2, -0.15) is 0 Å². The lowest BCUT2D eigenvalue weighted by Crippen LogP contribution is -2.25. The maximum atomic E-state index is 5.90. The van der Waals surface area contributed by atoms with Gasteiger partial charge in [-0.25, -0.2) is 0 Å². The molecule has 2 aliphatic rings. The topological polar surface area (TPSA) is 30.5 Å². The highest BCUT2D eigenvalue weighted by Gasteiger charge is 2.29. The standard InChI is InChI=1S/C16H23NO2S/c1-4-12-9-20-16(17-12)13-8-14-11(6-10(3)19-14)7-15(13)18-5-2/h7-8,10,12,16-17H,4-6,9H2,1-3H3. The fraction of sp³-hybridized carbons (Fsp3) is 0.625. The molecule has 3 nitrogen and oxygen atoms in total. The summed E-state index contributed by atoms with van der Waals surface area (Å²) in [6.07, 6.45) is 2.44. The third-order valence-electron chi connectivity index (χ3n) is 3.95. The second-order valence-corrected chi connectivity index (χ2v) is 6.69. The number of hydrogen-bond acceptors (Lipinski definition) is 4. The molecule has 0 bridgehead atoms. The lowest BCUT2D eigenvalue weighted by atomic mass is 10.1. The highest BCUT2D eigenvalue weighted by molar-refractivity contribution is 7.99. The number of ether oxygens (including phenoxy) is 2. The molecule has 1 N–H and O–H groups in total. The molecule has 0 radical (unpaired) electrons. The van der Waals surface area contributed by atoms with Crippen LogP contribution in [0.5, 0.6) is 11.5 Å². The monoisotopic (exact) mass is 293 g/mol. The van der Waals surface area contributed by atoms with Crippen LogP contribution < -0.4 is 14.8 Å². The third kappa shape index (κ3) is 2.63. The van der Waals surface area contributed by atoms with Crippen LogP contribution in [-0.4, -0.2) is 24.5 Å². The van der Waals surface area contributed by atoms with Crippen molar-refractivity contribution in [2.45, 2.75) is 51.1 Å². The Morgan fingerprint density at radius 2 is 2.25 bits per heavy atom. The molecule has 0 aliphatic carbocycles. The van der Waals surface area contributed by atoms with Gasteiger partial charge in [-0.05, 0) is 32.4 Å². The number of rotatable bonds is 4. The van der Waals surface area contributed by atoms with Crippen molar-refractivity contribution >= 4 is 11.8 Å². The van der Waals surface area contributed by atoms with Gasteiger partial charge in [0.2, 0.25) is 0 Å². The molecular weight excluding hydrogens is 270 g/mol. The van der Waals surface area contributed by atoms with Crippen LogP contribution in [0.1, 0.15) is 43.7 Å². The predicted molar refractivity (Wildman–Crippen MR) is 83.8 cm³/mol. The van der Waals surface area contributed by atoms with Gasteiger partial charge in [0.1, 0.15) is 17.6 Å². The lowest BCUT2D eigenvalue weighted by Gasteiger charge is -2.18. The van der Waals surface area contributed by atoms with Crippen molar-refractivity contribution in [2.24, 2.45) is 0 Å². The second-order valence-electron chi connectivity index (χ2n) is 5.55. The van der Waals surface area contributed by atoms with Gasteiger partial charge in [-0.1, -0.05) is 6.92 Å². The van der Waals surface area contributed by atoms with E-state index in [1.807, 2.05) is 18.7 Å². The van der Waals surface area contributed by atoms with Crippen LogP contribution in [0, 0.1) is 0 Å². The Kier molecular flexibility index (Phi) is 4.13. The molecular formula is C16H23NO2S. The number of hydrogen-bond donors (Lipinski definition) is 1. The molecule has 2 heterocycles. The minimum absolute atomic E-state index is 0.280. The quantitative estimate of drug-likeness (QED) is 0.920. The number of fused-ring (bicyclic) bond motifs is 1. The van der Waals surface area contributed by atoms with Gasteiger partial charge in [0.15, 0.2) is 0 Å². The Hall–Kier alpha value is -0.870. The van der Waals surface area contributed by atoms with Crippen LogP contribution in [-0.2, 0) is 6.42 Å². The highest BCUT2D eigenvalue weighted by atomic mass is 32.2. The van der Waals surface area contributed by atoms with Crippen LogP contribution in [0.2, 0.25) is 0 Å². The van der Waals surface area contributed by atoms with Crippen LogP contribution in [0.15, 0.2) is 12.1 Å². The van der Waals surface area contributed by atoms with E-state index in [0.29, 0.717) is 18.0 Å². The van der Waals surface area contributed by atoms with E-state index in [0.717, 1.165) is 17.9 Å². The molecule has 0 spiro atoms. The van der Waals surface area contributed by atoms with Gasteiger partial charge in [0, 0.05) is 29.3 Å². The summed E-state index contributed by atoms with van der Waals surface area (Å²) in [5.41, 5.74) is 2.51. The number of benzene rings is 1. The summed E-state index contributed by atoms with van der Waals surface area (Å²) < 4.78 is 11.8. The Labute approximate surface area is 125 Å². The van der Waals surface area contributed by atoms with Crippen molar-refractivity contribution < 1.29 is 9.47 Å². The highest BCUT2D eigenvalue weighted by Crippen LogP contribution is 2.43. The summed E-state index contributed by atoms with van der Waals surface area (Å²) in [4.78, 5) is 0. The van der Waals surface area contributed by atoms with E-state index in [4.69, 9.17) is 9.47 Å². The third-order valence-corrected chi connectivity index (χ3v) is 5.27. The van der Waals surface area contributed by atoms with Crippen LogP contribution in [0.25, 0.3) is 0 Å². The first-order valence-corrected chi connectivity index (χ1v) is 8.60. The van der Waals surface area contributed by atoms with Gasteiger partial charge in [0.05, 0.1) is 12.0 Å². The molecule has 20 heavy (non-hydrogen) atoms. The second kappa shape index (κ2) is 5.86. The first-order valence-electron chi connectivity index (χ1n) is 7.55. The average molecular weight is 293 g/mol. The SMILES string of the molecule is CCOc1cc2c(cc1C1NC(CC)CS1)OC(C)C2. The minimum Gasteiger partial charge on any atom is -0.493 e. The molecule has 1 saturated heterocycles. The summed E-state index contributed by atoms with van der Waals surface area (Å²) in [6.45, 7) is 7.10. The molecule has 0 aromatic heterocycles. The zero-order chi connectivity index (χ0) is 14.1. The van der Waals surface area contributed by atoms with Crippen LogP contribution in [0.4, 0.5) is 0 Å². The van der Waals surface area contributed by atoms with Crippen molar-refractivity contribution in [3.05, 3.63) is 23.3 Å². The normalized spacial score (nSPS) is 28.2. The summed E-state index contributed by atoms with van der Waals surface area (Å²) in [5, 5.41) is 4.01. The Morgan fingerprint density at radius 1 is 1.40 bits per heavy atom. The molecule has 3 rings (SSSR count). The molecule has 3 unspecified atom stereocenters.